The van der Waals surface area contributed by atoms with E-state index in [9.17, 15) is 5.11 Å². The largest absolute Gasteiger partial charge is 0.392 e. The smallest absolute Gasteiger partial charge is 0.0669 e. The van der Waals surface area contributed by atoms with Gasteiger partial charge in [-0.2, -0.15) is 0 Å². The zero-order valence-electron chi connectivity index (χ0n) is 11.9. The molecule has 0 bridgehead atoms. The monoisotopic (exact) mass is 254 g/mol. The highest BCUT2D eigenvalue weighted by molar-refractivity contribution is 4.85. The average Bonchev–Trinajstić information content (AvgIpc) is 2.82. The molecule has 0 radical (unpaired) electrons. The van der Waals surface area contributed by atoms with E-state index in [1.165, 1.54) is 44.9 Å². The summed E-state index contributed by atoms with van der Waals surface area (Å²) in [6.07, 6.45) is 10.00. The number of nitrogens with zero attached hydrogens (tertiary/aromatic N) is 1. The molecule has 2 fully saturated rings. The summed E-state index contributed by atoms with van der Waals surface area (Å²) < 4.78 is 0. The Hall–Kier alpha value is -0.120. The lowest BCUT2D eigenvalue weighted by Crippen LogP contribution is -2.51. The number of aliphatic hydroxyl groups excluding tert-OH is 1. The zero-order valence-corrected chi connectivity index (χ0v) is 11.9. The summed E-state index contributed by atoms with van der Waals surface area (Å²) in [5, 5.41) is 10.3. The molecule has 1 saturated heterocycles. The molecule has 0 spiro atoms. The van der Waals surface area contributed by atoms with Crippen molar-refractivity contribution in [3.8, 4) is 0 Å². The molecular weight excluding hydrogens is 224 g/mol. The van der Waals surface area contributed by atoms with Gasteiger partial charge in [0.1, 0.15) is 0 Å². The van der Waals surface area contributed by atoms with Crippen molar-refractivity contribution in [1.29, 1.82) is 0 Å². The van der Waals surface area contributed by atoms with Crippen LogP contribution in [0.4, 0.5) is 0 Å². The third kappa shape index (κ3) is 3.94. The first-order valence-corrected chi connectivity index (χ1v) is 7.84. The van der Waals surface area contributed by atoms with Crippen LogP contribution in [0, 0.1) is 5.92 Å². The number of hydrogen-bond acceptors (Lipinski definition) is 3. The SMILES string of the molecule is CC(N)C1CCCCN1CC(O)CC1CCCC1. The molecule has 0 amide bonds. The van der Waals surface area contributed by atoms with Gasteiger partial charge in [-0.1, -0.05) is 32.1 Å². The summed E-state index contributed by atoms with van der Waals surface area (Å²) >= 11 is 0. The molecule has 106 valence electrons. The summed E-state index contributed by atoms with van der Waals surface area (Å²) in [5.74, 6) is 0.776. The summed E-state index contributed by atoms with van der Waals surface area (Å²) in [6.45, 7) is 4.06. The van der Waals surface area contributed by atoms with E-state index in [1.807, 2.05) is 0 Å². The summed E-state index contributed by atoms with van der Waals surface area (Å²) in [4.78, 5) is 2.44. The third-order valence-corrected chi connectivity index (χ3v) is 4.80. The fourth-order valence-corrected chi connectivity index (χ4v) is 3.81. The summed E-state index contributed by atoms with van der Waals surface area (Å²) in [7, 11) is 0. The van der Waals surface area contributed by atoms with Crippen LogP contribution in [-0.4, -0.2) is 41.3 Å². The van der Waals surface area contributed by atoms with Crippen LogP contribution < -0.4 is 5.73 Å². The second kappa shape index (κ2) is 6.88. The second-order valence-corrected chi connectivity index (χ2v) is 6.46. The Kier molecular flexibility index (Phi) is 5.46. The molecule has 3 atom stereocenters. The quantitative estimate of drug-likeness (QED) is 0.790. The average molecular weight is 254 g/mol. The highest BCUT2D eigenvalue weighted by Gasteiger charge is 2.28. The molecule has 3 heteroatoms. The van der Waals surface area contributed by atoms with Crippen molar-refractivity contribution in [1.82, 2.24) is 4.90 Å². The van der Waals surface area contributed by atoms with Crippen LogP contribution in [0.25, 0.3) is 0 Å². The topological polar surface area (TPSA) is 49.5 Å². The normalized spacial score (nSPS) is 30.5. The lowest BCUT2D eigenvalue weighted by molar-refractivity contribution is 0.0479. The van der Waals surface area contributed by atoms with Crippen molar-refractivity contribution < 1.29 is 5.11 Å². The Morgan fingerprint density at radius 1 is 1.17 bits per heavy atom. The first kappa shape index (κ1) is 14.3. The number of piperidine rings is 1. The maximum atomic E-state index is 10.3. The van der Waals surface area contributed by atoms with Crippen LogP contribution in [-0.2, 0) is 0 Å². The van der Waals surface area contributed by atoms with Crippen molar-refractivity contribution in [2.45, 2.75) is 76.5 Å². The predicted molar refractivity (Wildman–Crippen MR) is 75.4 cm³/mol. The van der Waals surface area contributed by atoms with Gasteiger partial charge in [0.15, 0.2) is 0 Å². The molecule has 0 aromatic rings. The number of β-amino-alcohol motifs (C(OH)–C–C–N with tert-alkyl or cyclic N) is 1. The van der Waals surface area contributed by atoms with Gasteiger partial charge in [-0.25, -0.2) is 0 Å². The maximum absolute atomic E-state index is 10.3. The molecule has 3 unspecified atom stereocenters. The molecule has 1 heterocycles. The lowest BCUT2D eigenvalue weighted by Gasteiger charge is -2.39. The molecule has 3 N–H and O–H groups in total. The Balaban J connectivity index is 1.78. The van der Waals surface area contributed by atoms with Crippen LogP contribution in [0.3, 0.4) is 0 Å². The van der Waals surface area contributed by atoms with Gasteiger partial charge in [0.25, 0.3) is 0 Å². The van der Waals surface area contributed by atoms with E-state index in [0.29, 0.717) is 6.04 Å². The fraction of sp³-hybridized carbons (Fsp3) is 1.00. The van der Waals surface area contributed by atoms with E-state index in [0.717, 1.165) is 25.4 Å². The molecule has 0 aromatic carbocycles. The molecule has 1 aliphatic carbocycles. The predicted octanol–water partition coefficient (Wildman–Crippen LogP) is 2.13. The molecule has 3 nitrogen and oxygen atoms in total. The van der Waals surface area contributed by atoms with Gasteiger partial charge in [0.05, 0.1) is 6.10 Å². The van der Waals surface area contributed by atoms with Crippen molar-refractivity contribution in [2.75, 3.05) is 13.1 Å². The molecule has 2 aliphatic rings. The first-order valence-electron chi connectivity index (χ1n) is 7.84. The minimum Gasteiger partial charge on any atom is -0.392 e. The molecule has 1 aliphatic heterocycles. The Labute approximate surface area is 112 Å². The molecule has 1 saturated carbocycles. The van der Waals surface area contributed by atoms with E-state index >= 15 is 0 Å². The molecule has 0 aromatic heterocycles. The van der Waals surface area contributed by atoms with E-state index in [-0.39, 0.29) is 12.1 Å². The number of aliphatic hydroxyl groups is 1. The Morgan fingerprint density at radius 3 is 2.50 bits per heavy atom. The Bertz CT molecular complexity index is 239. The number of likely N-dealkylation sites (tertiary alicyclic amines) is 1. The van der Waals surface area contributed by atoms with E-state index in [1.54, 1.807) is 0 Å². The van der Waals surface area contributed by atoms with Crippen LogP contribution in [0.5, 0.6) is 0 Å². The summed E-state index contributed by atoms with van der Waals surface area (Å²) in [6, 6.07) is 0.709. The van der Waals surface area contributed by atoms with Crippen LogP contribution in [0.2, 0.25) is 0 Å². The van der Waals surface area contributed by atoms with E-state index in [4.69, 9.17) is 5.73 Å². The minimum atomic E-state index is -0.146. The van der Waals surface area contributed by atoms with Gasteiger partial charge in [-0.05, 0) is 38.6 Å². The third-order valence-electron chi connectivity index (χ3n) is 4.80. The van der Waals surface area contributed by atoms with Gasteiger partial charge in [0, 0.05) is 18.6 Å². The maximum Gasteiger partial charge on any atom is 0.0669 e. The van der Waals surface area contributed by atoms with Crippen molar-refractivity contribution in [3.63, 3.8) is 0 Å². The number of rotatable bonds is 5. The van der Waals surface area contributed by atoms with Gasteiger partial charge >= 0.3 is 0 Å². The number of hydrogen-bond donors (Lipinski definition) is 2. The van der Waals surface area contributed by atoms with Crippen LogP contribution in [0.15, 0.2) is 0 Å². The van der Waals surface area contributed by atoms with Gasteiger partial charge < -0.3 is 10.8 Å². The Morgan fingerprint density at radius 2 is 1.83 bits per heavy atom. The van der Waals surface area contributed by atoms with Crippen molar-refractivity contribution in [3.05, 3.63) is 0 Å². The standard InChI is InChI=1S/C15H30N2O/c1-12(16)15-8-4-5-9-17(15)11-14(18)10-13-6-2-3-7-13/h12-15,18H,2-11,16H2,1H3. The van der Waals surface area contributed by atoms with Gasteiger partial charge in [0.2, 0.25) is 0 Å². The van der Waals surface area contributed by atoms with Crippen LogP contribution in [0.1, 0.15) is 58.3 Å². The number of nitrogens with two attached hydrogens (primary N) is 1. The summed E-state index contributed by atoms with van der Waals surface area (Å²) in [5.41, 5.74) is 6.07. The molecule has 2 rings (SSSR count). The highest BCUT2D eigenvalue weighted by atomic mass is 16.3. The van der Waals surface area contributed by atoms with E-state index < -0.39 is 0 Å². The molecular formula is C15H30N2O. The van der Waals surface area contributed by atoms with Crippen molar-refractivity contribution >= 4 is 0 Å². The van der Waals surface area contributed by atoms with Gasteiger partial charge in [-0.15, -0.1) is 0 Å². The highest BCUT2D eigenvalue weighted by Crippen LogP contribution is 2.29. The zero-order chi connectivity index (χ0) is 13.0. The lowest BCUT2D eigenvalue weighted by atomic mass is 9.94. The van der Waals surface area contributed by atoms with Gasteiger partial charge in [-0.3, -0.25) is 4.90 Å². The van der Waals surface area contributed by atoms with Crippen molar-refractivity contribution in [2.24, 2.45) is 11.7 Å². The molecule has 18 heavy (non-hydrogen) atoms. The minimum absolute atomic E-state index is 0.146. The second-order valence-electron chi connectivity index (χ2n) is 6.46. The fourth-order valence-electron chi connectivity index (χ4n) is 3.81. The van der Waals surface area contributed by atoms with E-state index in [2.05, 4.69) is 11.8 Å². The first-order chi connectivity index (χ1) is 8.66. The van der Waals surface area contributed by atoms with Crippen LogP contribution >= 0.6 is 0 Å².